The van der Waals surface area contributed by atoms with Crippen LogP contribution in [0.3, 0.4) is 0 Å². The van der Waals surface area contributed by atoms with E-state index in [1.807, 2.05) is 18.2 Å². The quantitative estimate of drug-likeness (QED) is 0.477. The van der Waals surface area contributed by atoms with Gasteiger partial charge in [0.2, 0.25) is 5.91 Å². The first-order valence-electron chi connectivity index (χ1n) is 9.53. The van der Waals surface area contributed by atoms with Gasteiger partial charge in [-0.3, -0.25) is 9.78 Å². The van der Waals surface area contributed by atoms with Gasteiger partial charge in [-0.1, -0.05) is 12.1 Å². The van der Waals surface area contributed by atoms with Crippen molar-refractivity contribution in [3.63, 3.8) is 0 Å². The van der Waals surface area contributed by atoms with E-state index in [9.17, 15) is 4.79 Å². The van der Waals surface area contributed by atoms with Crippen LogP contribution in [-0.2, 0) is 16.0 Å². The predicted molar refractivity (Wildman–Crippen MR) is 112 cm³/mol. The molecule has 1 heterocycles. The zero-order chi connectivity index (χ0) is 20.2. The molecule has 28 heavy (non-hydrogen) atoms. The van der Waals surface area contributed by atoms with Gasteiger partial charge in [-0.05, 0) is 49.6 Å². The minimum Gasteiger partial charge on any atom is -0.467 e. The van der Waals surface area contributed by atoms with Crippen LogP contribution in [0.25, 0.3) is 6.08 Å². The number of carbonyl (C=O) groups excluding carboxylic acids is 1. The highest BCUT2D eigenvalue weighted by Gasteiger charge is 2.09. The summed E-state index contributed by atoms with van der Waals surface area (Å²) < 4.78 is 10.8. The summed E-state index contributed by atoms with van der Waals surface area (Å²) in [6.07, 6.45) is 7.34. The summed E-state index contributed by atoms with van der Waals surface area (Å²) in [5.74, 6) is 0.648. The Labute approximate surface area is 167 Å². The van der Waals surface area contributed by atoms with E-state index in [0.717, 1.165) is 35.7 Å². The van der Waals surface area contributed by atoms with Crippen LogP contribution in [-0.4, -0.2) is 44.4 Å². The molecule has 1 amide bonds. The summed E-state index contributed by atoms with van der Waals surface area (Å²) in [6, 6.07) is 9.91. The smallest absolute Gasteiger partial charge is 0.244 e. The number of hydrogen-bond acceptors (Lipinski definition) is 5. The van der Waals surface area contributed by atoms with Crippen molar-refractivity contribution in [2.45, 2.75) is 20.3 Å². The molecule has 150 valence electrons. The molecule has 0 aliphatic heterocycles. The van der Waals surface area contributed by atoms with Gasteiger partial charge in [-0.25, -0.2) is 0 Å². The van der Waals surface area contributed by atoms with E-state index in [1.54, 1.807) is 25.6 Å². The van der Waals surface area contributed by atoms with Crippen LogP contribution in [0, 0.1) is 0 Å². The fourth-order valence-electron chi connectivity index (χ4n) is 2.82. The third-order valence-electron chi connectivity index (χ3n) is 4.32. The second kappa shape index (κ2) is 11.8. The van der Waals surface area contributed by atoms with Crippen LogP contribution in [0.5, 0.6) is 5.75 Å². The van der Waals surface area contributed by atoms with Crippen molar-refractivity contribution in [1.29, 1.82) is 0 Å². The Bertz CT molecular complexity index is 759. The third-order valence-corrected chi connectivity index (χ3v) is 4.32. The highest BCUT2D eigenvalue weighted by Crippen LogP contribution is 2.26. The van der Waals surface area contributed by atoms with Gasteiger partial charge < -0.3 is 19.7 Å². The normalized spacial score (nSPS) is 10.8. The van der Waals surface area contributed by atoms with Gasteiger partial charge in [-0.2, -0.15) is 0 Å². The average Bonchev–Trinajstić information content (AvgIpc) is 2.73. The van der Waals surface area contributed by atoms with Gasteiger partial charge in [0.15, 0.2) is 6.79 Å². The first-order chi connectivity index (χ1) is 13.7. The lowest BCUT2D eigenvalue weighted by atomic mass is 10.1. The first kappa shape index (κ1) is 21.4. The van der Waals surface area contributed by atoms with E-state index >= 15 is 0 Å². The molecule has 0 radical (unpaired) electrons. The molecule has 0 aliphatic carbocycles. The van der Waals surface area contributed by atoms with E-state index in [0.29, 0.717) is 13.0 Å². The lowest BCUT2D eigenvalue weighted by molar-refractivity contribution is -0.116. The molecule has 2 aromatic rings. The number of benzene rings is 1. The number of amides is 1. The summed E-state index contributed by atoms with van der Waals surface area (Å²) in [4.78, 5) is 18.3. The summed E-state index contributed by atoms with van der Waals surface area (Å²) in [7, 11) is 1.60. The van der Waals surface area contributed by atoms with Crippen LogP contribution in [0.1, 0.15) is 25.0 Å². The van der Waals surface area contributed by atoms with E-state index in [-0.39, 0.29) is 12.7 Å². The molecule has 0 spiro atoms. The SMILES string of the molecule is CCN(CC)c1ccc(CCNC(=O)C=Cc2cccnc2)c(OCOC)c1. The fraction of sp³-hybridized carbons (Fsp3) is 0.364. The number of ether oxygens (including phenoxy) is 2. The fourth-order valence-corrected chi connectivity index (χ4v) is 2.82. The second-order valence-electron chi connectivity index (χ2n) is 6.18. The molecule has 0 atom stereocenters. The molecule has 6 nitrogen and oxygen atoms in total. The molecule has 1 aromatic heterocycles. The highest BCUT2D eigenvalue weighted by atomic mass is 16.7. The molecular formula is C22H29N3O3. The van der Waals surface area contributed by atoms with Crippen molar-refractivity contribution in [2.75, 3.05) is 38.4 Å². The molecule has 0 unspecified atom stereocenters. The third kappa shape index (κ3) is 6.70. The Morgan fingerprint density at radius 1 is 1.25 bits per heavy atom. The van der Waals surface area contributed by atoms with Crippen LogP contribution >= 0.6 is 0 Å². The molecule has 2 rings (SSSR count). The number of hydrogen-bond donors (Lipinski definition) is 1. The Balaban J connectivity index is 1.96. The topological polar surface area (TPSA) is 63.7 Å². The number of nitrogens with one attached hydrogen (secondary N) is 1. The Kier molecular flexibility index (Phi) is 9.01. The summed E-state index contributed by atoms with van der Waals surface area (Å²) >= 11 is 0. The van der Waals surface area contributed by atoms with Crippen LogP contribution in [0.2, 0.25) is 0 Å². The number of aromatic nitrogens is 1. The monoisotopic (exact) mass is 383 g/mol. The lowest BCUT2D eigenvalue weighted by Crippen LogP contribution is -2.24. The standard InChI is InChI=1S/C22H29N3O3/c1-4-25(5-2)20-10-9-19(21(15-20)28-17-27-3)12-14-24-22(26)11-8-18-7-6-13-23-16-18/h6-11,13,15-16H,4-5,12,14,17H2,1-3H3,(H,24,26). The number of carbonyl (C=O) groups is 1. The molecular weight excluding hydrogens is 354 g/mol. The zero-order valence-electron chi connectivity index (χ0n) is 16.9. The average molecular weight is 383 g/mol. The maximum atomic E-state index is 12.0. The van der Waals surface area contributed by atoms with Crippen molar-refractivity contribution in [1.82, 2.24) is 10.3 Å². The van der Waals surface area contributed by atoms with E-state index in [4.69, 9.17) is 9.47 Å². The van der Waals surface area contributed by atoms with Crippen LogP contribution in [0.15, 0.2) is 48.8 Å². The van der Waals surface area contributed by atoms with Crippen LogP contribution in [0.4, 0.5) is 5.69 Å². The Morgan fingerprint density at radius 2 is 2.07 bits per heavy atom. The number of methoxy groups -OCH3 is 1. The molecule has 0 aliphatic rings. The van der Waals surface area contributed by atoms with Gasteiger partial charge in [0.1, 0.15) is 5.75 Å². The molecule has 0 saturated heterocycles. The van der Waals surface area contributed by atoms with E-state index in [2.05, 4.69) is 41.2 Å². The van der Waals surface area contributed by atoms with Crippen molar-refractivity contribution < 1.29 is 14.3 Å². The zero-order valence-corrected chi connectivity index (χ0v) is 16.9. The predicted octanol–water partition coefficient (Wildman–Crippen LogP) is 3.28. The number of nitrogens with zero attached hydrogens (tertiary/aromatic N) is 2. The molecule has 0 fully saturated rings. The van der Waals surface area contributed by atoms with Gasteiger partial charge >= 0.3 is 0 Å². The van der Waals surface area contributed by atoms with E-state index in [1.165, 1.54) is 6.08 Å². The molecule has 1 aromatic carbocycles. The van der Waals surface area contributed by atoms with Gasteiger partial charge in [0.05, 0.1) is 0 Å². The van der Waals surface area contributed by atoms with Gasteiger partial charge in [0.25, 0.3) is 0 Å². The number of anilines is 1. The highest BCUT2D eigenvalue weighted by molar-refractivity contribution is 5.91. The van der Waals surface area contributed by atoms with Crippen molar-refractivity contribution in [3.8, 4) is 5.75 Å². The summed E-state index contributed by atoms with van der Waals surface area (Å²) in [6.45, 7) is 6.82. The summed E-state index contributed by atoms with van der Waals surface area (Å²) in [5, 5.41) is 2.90. The van der Waals surface area contributed by atoms with Crippen LogP contribution < -0.4 is 15.0 Å². The van der Waals surface area contributed by atoms with Gasteiger partial charge in [-0.15, -0.1) is 0 Å². The van der Waals surface area contributed by atoms with Gasteiger partial charge in [0, 0.05) is 57.0 Å². The minimum absolute atomic E-state index is 0.136. The number of pyridine rings is 1. The van der Waals surface area contributed by atoms with Crippen molar-refractivity contribution >= 4 is 17.7 Å². The molecule has 0 saturated carbocycles. The Morgan fingerprint density at radius 3 is 2.75 bits per heavy atom. The maximum absolute atomic E-state index is 12.0. The summed E-state index contributed by atoms with van der Waals surface area (Å²) in [5.41, 5.74) is 3.03. The minimum atomic E-state index is -0.136. The second-order valence-corrected chi connectivity index (χ2v) is 6.18. The Hall–Kier alpha value is -2.86. The molecule has 0 bridgehead atoms. The first-order valence-corrected chi connectivity index (χ1v) is 9.53. The largest absolute Gasteiger partial charge is 0.467 e. The lowest BCUT2D eigenvalue weighted by Gasteiger charge is -2.22. The number of rotatable bonds is 11. The van der Waals surface area contributed by atoms with Crippen molar-refractivity contribution in [2.24, 2.45) is 0 Å². The van der Waals surface area contributed by atoms with Crippen molar-refractivity contribution in [3.05, 3.63) is 59.9 Å². The maximum Gasteiger partial charge on any atom is 0.244 e. The van der Waals surface area contributed by atoms with E-state index < -0.39 is 0 Å². The molecule has 1 N–H and O–H groups in total. The molecule has 6 heteroatoms.